The van der Waals surface area contributed by atoms with Crippen LogP contribution in [0.15, 0.2) is 24.3 Å². The second-order valence-electron chi connectivity index (χ2n) is 2.39. The number of phenols is 1. The smallest absolute Gasteiger partial charge is 0.508 e. The number of hydrogen-bond acceptors (Lipinski definition) is 5. The Balaban J connectivity index is 0.000000252. The lowest BCUT2D eigenvalue weighted by Crippen LogP contribution is -2.33. The highest BCUT2D eigenvalue weighted by atomic mass is 28.4. The van der Waals surface area contributed by atoms with E-state index >= 15 is 0 Å². The van der Waals surface area contributed by atoms with E-state index in [9.17, 15) is 0 Å². The highest BCUT2D eigenvalue weighted by Crippen LogP contribution is 2.12. The molecular weight excluding hydrogens is 192 g/mol. The summed E-state index contributed by atoms with van der Waals surface area (Å²) < 4.78 is 0. The fourth-order valence-electron chi connectivity index (χ4n) is 0.563. The minimum atomic E-state index is -4.61. The lowest BCUT2D eigenvalue weighted by molar-refractivity contribution is 0.117. The zero-order valence-electron chi connectivity index (χ0n) is 7.05. The van der Waals surface area contributed by atoms with Gasteiger partial charge in [0, 0.05) is 0 Å². The van der Waals surface area contributed by atoms with Gasteiger partial charge in [-0.1, -0.05) is 18.2 Å². The molecule has 5 nitrogen and oxygen atoms in total. The number of hydrogen-bond donors (Lipinski definition) is 5. The maximum absolute atomic E-state index is 8.92. The van der Waals surface area contributed by atoms with Gasteiger partial charge in [0.2, 0.25) is 0 Å². The molecular formula is C7H12O5Si. The molecule has 0 radical (unpaired) electrons. The summed E-state index contributed by atoms with van der Waals surface area (Å²) in [5.41, 5.74) is 0.924. The molecule has 0 bridgehead atoms. The summed E-state index contributed by atoms with van der Waals surface area (Å²) in [4.78, 5) is 29.3. The molecule has 0 heterocycles. The molecule has 1 rings (SSSR count). The molecule has 74 valence electrons. The molecule has 0 aromatic heterocycles. The van der Waals surface area contributed by atoms with Crippen LogP contribution in [0.25, 0.3) is 0 Å². The summed E-state index contributed by atoms with van der Waals surface area (Å²) >= 11 is 0. The van der Waals surface area contributed by atoms with Gasteiger partial charge in [-0.3, -0.25) is 0 Å². The molecule has 0 aliphatic carbocycles. The second kappa shape index (κ2) is 4.95. The van der Waals surface area contributed by atoms with Crippen LogP contribution in [-0.2, 0) is 0 Å². The summed E-state index contributed by atoms with van der Waals surface area (Å²) in [6.07, 6.45) is 0. The van der Waals surface area contributed by atoms with Gasteiger partial charge in [-0.25, -0.2) is 0 Å². The molecule has 0 amide bonds. The molecule has 0 atom stereocenters. The highest BCUT2D eigenvalue weighted by molar-refractivity contribution is 6.46. The topological polar surface area (TPSA) is 101 Å². The van der Waals surface area contributed by atoms with Gasteiger partial charge < -0.3 is 24.3 Å². The van der Waals surface area contributed by atoms with E-state index in [1.807, 2.05) is 25.1 Å². The Morgan fingerprint density at radius 2 is 1.38 bits per heavy atom. The maximum Gasteiger partial charge on any atom is 0.668 e. The third kappa shape index (κ3) is 8.99. The Hall–Kier alpha value is -0.923. The molecule has 0 aliphatic heterocycles. The molecule has 1 aromatic carbocycles. The van der Waals surface area contributed by atoms with E-state index in [0.717, 1.165) is 5.56 Å². The van der Waals surface area contributed by atoms with Crippen LogP contribution < -0.4 is 0 Å². The van der Waals surface area contributed by atoms with Crippen LogP contribution in [0.5, 0.6) is 5.75 Å². The van der Waals surface area contributed by atoms with Gasteiger partial charge in [0.1, 0.15) is 5.75 Å². The minimum absolute atomic E-state index is 0.368. The van der Waals surface area contributed by atoms with E-state index in [4.69, 9.17) is 24.3 Å². The van der Waals surface area contributed by atoms with Crippen molar-refractivity contribution in [3.8, 4) is 5.75 Å². The van der Waals surface area contributed by atoms with Gasteiger partial charge in [-0.2, -0.15) is 0 Å². The molecule has 0 saturated carbocycles. The summed E-state index contributed by atoms with van der Waals surface area (Å²) in [6, 6.07) is 7.25. The van der Waals surface area contributed by atoms with Crippen molar-refractivity contribution in [2.24, 2.45) is 0 Å². The molecule has 0 fully saturated rings. The summed E-state index contributed by atoms with van der Waals surface area (Å²) in [5, 5.41) is 8.92. The van der Waals surface area contributed by atoms with E-state index in [2.05, 4.69) is 0 Å². The SMILES string of the molecule is Cc1ccccc1O.O[Si](O)(O)O. The normalized spacial score (nSPS) is 10.2. The molecule has 5 N–H and O–H groups in total. The predicted molar refractivity (Wildman–Crippen MR) is 47.5 cm³/mol. The van der Waals surface area contributed by atoms with Gasteiger partial charge in [-0.05, 0) is 18.6 Å². The van der Waals surface area contributed by atoms with E-state index in [1.54, 1.807) is 6.07 Å². The standard InChI is InChI=1S/C7H8O.H4O4Si/c1-6-4-2-3-5-7(6)8;1-5(2,3)4/h2-5,8H,1H3;1-4H. The van der Waals surface area contributed by atoms with Crippen LogP contribution in [0.2, 0.25) is 0 Å². The van der Waals surface area contributed by atoms with Crippen molar-refractivity contribution in [1.82, 2.24) is 0 Å². The molecule has 0 saturated heterocycles. The molecule has 1 aromatic rings. The first-order valence-corrected chi connectivity index (χ1v) is 5.23. The van der Waals surface area contributed by atoms with Gasteiger partial charge in [-0.15, -0.1) is 0 Å². The van der Waals surface area contributed by atoms with Crippen LogP contribution in [0.3, 0.4) is 0 Å². The van der Waals surface area contributed by atoms with Crippen LogP contribution in [0.1, 0.15) is 5.56 Å². The fraction of sp³-hybridized carbons (Fsp3) is 0.143. The van der Waals surface area contributed by atoms with E-state index in [0.29, 0.717) is 5.75 Å². The predicted octanol–water partition coefficient (Wildman–Crippen LogP) is -0.908. The van der Waals surface area contributed by atoms with Gasteiger partial charge in [0.25, 0.3) is 0 Å². The molecule has 6 heteroatoms. The van der Waals surface area contributed by atoms with Crippen molar-refractivity contribution < 1.29 is 24.3 Å². The summed E-state index contributed by atoms with van der Waals surface area (Å²) in [7, 11) is -4.61. The second-order valence-corrected chi connectivity index (χ2v) is 3.59. The molecule has 0 aliphatic rings. The minimum Gasteiger partial charge on any atom is -0.508 e. The quantitative estimate of drug-likeness (QED) is 0.352. The lowest BCUT2D eigenvalue weighted by atomic mass is 10.2. The van der Waals surface area contributed by atoms with E-state index in [1.165, 1.54) is 0 Å². The third-order valence-electron chi connectivity index (χ3n) is 1.12. The Morgan fingerprint density at radius 1 is 1.00 bits per heavy atom. The number of aryl methyl sites for hydroxylation is 1. The van der Waals surface area contributed by atoms with Crippen LogP contribution in [-0.4, -0.2) is 33.3 Å². The van der Waals surface area contributed by atoms with E-state index in [-0.39, 0.29) is 0 Å². The van der Waals surface area contributed by atoms with Crippen molar-refractivity contribution in [2.75, 3.05) is 0 Å². The van der Waals surface area contributed by atoms with Gasteiger partial charge in [0.05, 0.1) is 0 Å². The lowest BCUT2D eigenvalue weighted by Gasteiger charge is -1.92. The van der Waals surface area contributed by atoms with Crippen LogP contribution >= 0.6 is 0 Å². The first-order valence-electron chi connectivity index (χ1n) is 3.45. The third-order valence-corrected chi connectivity index (χ3v) is 1.12. The average Bonchev–Trinajstić information content (AvgIpc) is 1.92. The van der Waals surface area contributed by atoms with Gasteiger partial charge in [0.15, 0.2) is 0 Å². The van der Waals surface area contributed by atoms with Crippen molar-refractivity contribution in [3.63, 3.8) is 0 Å². The van der Waals surface area contributed by atoms with Crippen molar-refractivity contribution >= 4 is 9.05 Å². The maximum atomic E-state index is 8.92. The number of rotatable bonds is 0. The number of phenolic OH excluding ortho intramolecular Hbond substituents is 1. The van der Waals surface area contributed by atoms with Crippen molar-refractivity contribution in [2.45, 2.75) is 6.92 Å². The van der Waals surface area contributed by atoms with Gasteiger partial charge >= 0.3 is 9.05 Å². The Morgan fingerprint density at radius 3 is 1.62 bits per heavy atom. The summed E-state index contributed by atoms with van der Waals surface area (Å²) in [6.45, 7) is 1.87. The first kappa shape index (κ1) is 12.1. The Bertz CT molecular complexity index is 230. The number of benzene rings is 1. The zero-order valence-corrected chi connectivity index (χ0v) is 8.05. The highest BCUT2D eigenvalue weighted by Gasteiger charge is 2.22. The largest absolute Gasteiger partial charge is 0.668 e. The van der Waals surface area contributed by atoms with Crippen molar-refractivity contribution in [1.29, 1.82) is 0 Å². The summed E-state index contributed by atoms with van der Waals surface area (Å²) in [5.74, 6) is 0.368. The monoisotopic (exact) mass is 204 g/mol. The van der Waals surface area contributed by atoms with Crippen LogP contribution in [0.4, 0.5) is 0 Å². The van der Waals surface area contributed by atoms with Crippen molar-refractivity contribution in [3.05, 3.63) is 29.8 Å². The zero-order chi connectivity index (χ0) is 10.5. The Kier molecular flexibility index (Phi) is 4.60. The fourth-order valence-corrected chi connectivity index (χ4v) is 0.563. The molecule has 13 heavy (non-hydrogen) atoms. The number of para-hydroxylation sites is 1. The molecule has 0 unspecified atom stereocenters. The number of aromatic hydroxyl groups is 1. The van der Waals surface area contributed by atoms with E-state index < -0.39 is 9.05 Å². The average molecular weight is 204 g/mol. The Labute approximate surface area is 76.6 Å². The molecule has 0 spiro atoms. The first-order chi connectivity index (χ1) is 5.80. The van der Waals surface area contributed by atoms with Crippen LogP contribution in [0, 0.1) is 6.92 Å².